The summed E-state index contributed by atoms with van der Waals surface area (Å²) in [6.07, 6.45) is 0. The van der Waals surface area contributed by atoms with Crippen molar-refractivity contribution in [1.29, 1.82) is 0 Å². The van der Waals surface area contributed by atoms with Crippen molar-refractivity contribution in [2.24, 2.45) is 4.99 Å². The fourth-order valence-corrected chi connectivity index (χ4v) is 3.14. The van der Waals surface area contributed by atoms with Gasteiger partial charge in [0.25, 0.3) is 0 Å². The van der Waals surface area contributed by atoms with Crippen molar-refractivity contribution < 1.29 is 0 Å². The average molecular weight is 472 g/mol. The van der Waals surface area contributed by atoms with Gasteiger partial charge in [-0.05, 0) is 19.4 Å². The van der Waals surface area contributed by atoms with Gasteiger partial charge in [-0.1, -0.05) is 50.6 Å². The first-order chi connectivity index (χ1) is 11.4. The fourth-order valence-electron chi connectivity index (χ4n) is 2.23. The summed E-state index contributed by atoms with van der Waals surface area (Å²) in [5.41, 5.74) is 3.65. The van der Waals surface area contributed by atoms with E-state index in [-0.39, 0.29) is 29.4 Å². The number of aliphatic imine (C=N–C) groups is 1. The van der Waals surface area contributed by atoms with E-state index < -0.39 is 0 Å². The first-order valence-electron chi connectivity index (χ1n) is 8.41. The Morgan fingerprint density at radius 2 is 2.00 bits per heavy atom. The number of guanidine groups is 1. The Morgan fingerprint density at radius 3 is 2.60 bits per heavy atom. The summed E-state index contributed by atoms with van der Waals surface area (Å²) in [5.74, 6) is 0.823. The van der Waals surface area contributed by atoms with E-state index in [9.17, 15) is 0 Å². The van der Waals surface area contributed by atoms with Gasteiger partial charge in [0.15, 0.2) is 5.96 Å². The Kier molecular flexibility index (Phi) is 8.85. The third-order valence-electron chi connectivity index (χ3n) is 3.48. The maximum Gasteiger partial charge on any atom is 0.191 e. The molecule has 2 N–H and O–H groups in total. The Bertz CT molecular complexity index is 689. The lowest BCUT2D eigenvalue weighted by molar-refractivity contribution is 0.582. The molecule has 2 aromatic rings. The van der Waals surface area contributed by atoms with Gasteiger partial charge in [-0.15, -0.1) is 35.3 Å². The highest BCUT2D eigenvalue weighted by Crippen LogP contribution is 2.25. The number of nitrogens with one attached hydrogen (secondary N) is 2. The number of nitrogens with zero attached hydrogens (tertiary/aromatic N) is 2. The molecule has 0 radical (unpaired) electrons. The van der Waals surface area contributed by atoms with Crippen molar-refractivity contribution in [3.63, 3.8) is 0 Å². The maximum absolute atomic E-state index is 4.72. The molecule has 1 aromatic heterocycles. The summed E-state index contributed by atoms with van der Waals surface area (Å²) in [5, 5.41) is 9.95. The molecule has 0 aliphatic heterocycles. The summed E-state index contributed by atoms with van der Waals surface area (Å²) in [7, 11) is 0. The number of hydrogen-bond donors (Lipinski definition) is 2. The van der Waals surface area contributed by atoms with E-state index in [0.717, 1.165) is 18.2 Å². The van der Waals surface area contributed by atoms with E-state index in [1.165, 1.54) is 16.1 Å². The number of aryl methyl sites for hydroxylation is 1. The molecule has 0 saturated heterocycles. The maximum atomic E-state index is 4.72. The Balaban J connectivity index is 0.00000312. The molecule has 2 rings (SSSR count). The van der Waals surface area contributed by atoms with Gasteiger partial charge in [0.1, 0.15) is 0 Å². The number of aromatic nitrogens is 1. The zero-order chi connectivity index (χ0) is 17.6. The number of hydrogen-bond acceptors (Lipinski definition) is 3. The zero-order valence-corrected chi connectivity index (χ0v) is 18.9. The molecule has 0 unspecified atom stereocenters. The predicted molar refractivity (Wildman–Crippen MR) is 119 cm³/mol. The van der Waals surface area contributed by atoms with Crippen LogP contribution in [0.15, 0.2) is 34.6 Å². The smallest absolute Gasteiger partial charge is 0.191 e. The molecule has 4 nitrogen and oxygen atoms in total. The van der Waals surface area contributed by atoms with Crippen LogP contribution in [0, 0.1) is 6.92 Å². The van der Waals surface area contributed by atoms with Crippen molar-refractivity contribution in [2.75, 3.05) is 6.54 Å². The van der Waals surface area contributed by atoms with Gasteiger partial charge >= 0.3 is 0 Å². The van der Waals surface area contributed by atoms with E-state index >= 15 is 0 Å². The monoisotopic (exact) mass is 472 g/mol. The highest BCUT2D eigenvalue weighted by atomic mass is 127. The molecule has 0 bridgehead atoms. The van der Waals surface area contributed by atoms with E-state index in [1.54, 1.807) is 11.3 Å². The SMILES string of the molecule is CCNC(=NCc1cccc(C)c1)NCc1csc(C(C)(C)C)n1.I. The van der Waals surface area contributed by atoms with Crippen LogP contribution in [0.4, 0.5) is 0 Å². The van der Waals surface area contributed by atoms with Gasteiger partial charge in [0, 0.05) is 17.3 Å². The molecule has 1 heterocycles. The highest BCUT2D eigenvalue weighted by Gasteiger charge is 2.17. The first kappa shape index (κ1) is 21.9. The van der Waals surface area contributed by atoms with Crippen molar-refractivity contribution >= 4 is 41.3 Å². The van der Waals surface area contributed by atoms with Gasteiger partial charge in [0.05, 0.1) is 23.8 Å². The average Bonchev–Trinajstić information content (AvgIpc) is 2.99. The van der Waals surface area contributed by atoms with Crippen LogP contribution in [0.25, 0.3) is 0 Å². The molecule has 0 atom stereocenters. The number of halogens is 1. The van der Waals surface area contributed by atoms with E-state index in [2.05, 4.69) is 79.9 Å². The summed E-state index contributed by atoms with van der Waals surface area (Å²) < 4.78 is 0. The van der Waals surface area contributed by atoms with Crippen LogP contribution in [0.5, 0.6) is 0 Å². The third-order valence-corrected chi connectivity index (χ3v) is 4.79. The number of benzene rings is 1. The van der Waals surface area contributed by atoms with Crippen LogP contribution in [0.2, 0.25) is 0 Å². The van der Waals surface area contributed by atoms with E-state index in [4.69, 9.17) is 4.98 Å². The molecule has 6 heteroatoms. The van der Waals surface area contributed by atoms with E-state index in [1.807, 2.05) is 0 Å². The normalized spacial score (nSPS) is 11.8. The Labute approximate surface area is 172 Å². The summed E-state index contributed by atoms with van der Waals surface area (Å²) in [4.78, 5) is 9.38. The molecule has 0 aliphatic carbocycles. The fraction of sp³-hybridized carbons (Fsp3) is 0.474. The molecule has 0 fully saturated rings. The van der Waals surface area contributed by atoms with Crippen LogP contribution in [-0.4, -0.2) is 17.5 Å². The van der Waals surface area contributed by atoms with Crippen molar-refractivity contribution in [3.8, 4) is 0 Å². The van der Waals surface area contributed by atoms with Crippen LogP contribution in [0.3, 0.4) is 0 Å². The molecular formula is C19H29IN4S. The predicted octanol–water partition coefficient (Wildman–Crippen LogP) is 4.62. The minimum atomic E-state index is 0. The lowest BCUT2D eigenvalue weighted by atomic mass is 9.98. The lowest BCUT2D eigenvalue weighted by Gasteiger charge is -2.14. The molecule has 0 saturated carbocycles. The van der Waals surface area contributed by atoms with Crippen LogP contribution in [-0.2, 0) is 18.5 Å². The van der Waals surface area contributed by atoms with E-state index in [0.29, 0.717) is 13.1 Å². The zero-order valence-electron chi connectivity index (χ0n) is 15.7. The second-order valence-corrected chi connectivity index (χ2v) is 7.79. The van der Waals surface area contributed by atoms with Gasteiger partial charge in [-0.25, -0.2) is 9.98 Å². The lowest BCUT2D eigenvalue weighted by Crippen LogP contribution is -2.36. The molecular weight excluding hydrogens is 443 g/mol. The Hall–Kier alpha value is -1.15. The van der Waals surface area contributed by atoms with Crippen LogP contribution in [0.1, 0.15) is 49.5 Å². The number of rotatable bonds is 5. The minimum Gasteiger partial charge on any atom is -0.357 e. The Morgan fingerprint density at radius 1 is 1.24 bits per heavy atom. The standard InChI is InChI=1S/C19H28N4S.HI/c1-6-20-18(21-11-15-9-7-8-14(2)10-15)22-12-16-13-24-17(23-16)19(3,4)5;/h7-10,13H,6,11-12H2,1-5H3,(H2,20,21,22);1H. The number of thiazole rings is 1. The quantitative estimate of drug-likeness (QED) is 0.379. The molecule has 0 amide bonds. The third kappa shape index (κ3) is 7.32. The minimum absolute atomic E-state index is 0. The summed E-state index contributed by atoms with van der Waals surface area (Å²) in [6.45, 7) is 12.9. The van der Waals surface area contributed by atoms with Gasteiger partial charge < -0.3 is 10.6 Å². The van der Waals surface area contributed by atoms with Crippen molar-refractivity contribution in [3.05, 3.63) is 51.5 Å². The first-order valence-corrected chi connectivity index (χ1v) is 9.29. The molecule has 1 aromatic carbocycles. The van der Waals surface area contributed by atoms with Gasteiger partial charge in [-0.2, -0.15) is 0 Å². The summed E-state index contributed by atoms with van der Waals surface area (Å²) in [6, 6.07) is 8.45. The molecule has 138 valence electrons. The van der Waals surface area contributed by atoms with Crippen molar-refractivity contribution in [2.45, 2.75) is 53.1 Å². The second-order valence-electron chi connectivity index (χ2n) is 6.93. The molecule has 0 aliphatic rings. The second kappa shape index (κ2) is 10.1. The van der Waals surface area contributed by atoms with Crippen LogP contribution >= 0.6 is 35.3 Å². The summed E-state index contributed by atoms with van der Waals surface area (Å²) >= 11 is 1.72. The largest absolute Gasteiger partial charge is 0.357 e. The molecule has 0 spiro atoms. The van der Waals surface area contributed by atoms with Gasteiger partial charge in [0.2, 0.25) is 0 Å². The highest BCUT2D eigenvalue weighted by molar-refractivity contribution is 14.0. The van der Waals surface area contributed by atoms with Gasteiger partial charge in [-0.3, -0.25) is 0 Å². The van der Waals surface area contributed by atoms with Crippen molar-refractivity contribution in [1.82, 2.24) is 15.6 Å². The molecule has 25 heavy (non-hydrogen) atoms. The topological polar surface area (TPSA) is 49.3 Å². The van der Waals surface area contributed by atoms with Crippen LogP contribution < -0.4 is 10.6 Å².